The molecule has 0 radical (unpaired) electrons. The zero-order chi connectivity index (χ0) is 23.5. The first kappa shape index (κ1) is 23.8. The molecular weight excluding hydrogens is 571 g/mol. The molecule has 0 saturated heterocycles. The number of aromatic carboxylic acids is 1. The van der Waals surface area contributed by atoms with E-state index in [0.29, 0.717) is 14.3 Å². The summed E-state index contributed by atoms with van der Waals surface area (Å²) in [6.45, 7) is 0. The smallest absolute Gasteiger partial charge is 0.337 e. The molecule has 11 heteroatoms. The van der Waals surface area contributed by atoms with E-state index in [2.05, 4.69) is 10.0 Å². The van der Waals surface area contributed by atoms with Crippen LogP contribution in [0.1, 0.15) is 20.7 Å². The number of halogens is 2. The largest absolute Gasteiger partial charge is 0.495 e. The number of carboxylic acids is 1. The van der Waals surface area contributed by atoms with Crippen LogP contribution in [0.2, 0.25) is 5.02 Å². The molecule has 0 aromatic heterocycles. The number of sulfonamides is 1. The second-order valence-corrected chi connectivity index (χ2v) is 9.79. The number of amides is 1. The van der Waals surface area contributed by atoms with Gasteiger partial charge in [-0.1, -0.05) is 11.6 Å². The molecule has 166 valence electrons. The fourth-order valence-corrected chi connectivity index (χ4v) is 4.47. The summed E-state index contributed by atoms with van der Waals surface area (Å²) in [5.74, 6) is -1.47. The van der Waals surface area contributed by atoms with Crippen molar-refractivity contribution in [1.29, 1.82) is 0 Å². The van der Waals surface area contributed by atoms with E-state index >= 15 is 0 Å². The van der Waals surface area contributed by atoms with Crippen molar-refractivity contribution in [3.63, 3.8) is 0 Å². The Labute approximate surface area is 202 Å². The van der Waals surface area contributed by atoms with Gasteiger partial charge in [-0.25, -0.2) is 13.2 Å². The molecule has 1 amide bonds. The summed E-state index contributed by atoms with van der Waals surface area (Å²) >= 11 is 7.91. The second kappa shape index (κ2) is 9.76. The van der Waals surface area contributed by atoms with Crippen LogP contribution < -0.4 is 14.8 Å². The SMILES string of the molecule is COc1ccc(Cl)cc1NS(=O)(=O)c1ccc(C(=O)Nc2ccc(I)cc2C(=O)O)cc1. The van der Waals surface area contributed by atoms with Crippen molar-refractivity contribution in [1.82, 2.24) is 0 Å². The maximum atomic E-state index is 12.7. The minimum absolute atomic E-state index is 0.0517. The Balaban J connectivity index is 1.81. The zero-order valence-corrected chi connectivity index (χ0v) is 20.2. The fourth-order valence-electron chi connectivity index (χ4n) is 2.75. The molecule has 3 aromatic rings. The maximum Gasteiger partial charge on any atom is 0.337 e. The van der Waals surface area contributed by atoms with Gasteiger partial charge < -0.3 is 15.2 Å². The predicted octanol–water partition coefficient (Wildman–Crippen LogP) is 4.70. The van der Waals surface area contributed by atoms with Crippen LogP contribution in [-0.4, -0.2) is 32.5 Å². The lowest BCUT2D eigenvalue weighted by Crippen LogP contribution is -2.16. The molecule has 8 nitrogen and oxygen atoms in total. The van der Waals surface area contributed by atoms with Crippen molar-refractivity contribution >= 4 is 67.5 Å². The summed E-state index contributed by atoms with van der Waals surface area (Å²) in [6, 6.07) is 14.3. The number of carbonyl (C=O) groups excluding carboxylic acids is 1. The lowest BCUT2D eigenvalue weighted by Gasteiger charge is -2.13. The van der Waals surface area contributed by atoms with Crippen LogP contribution in [0.3, 0.4) is 0 Å². The minimum atomic E-state index is -3.99. The van der Waals surface area contributed by atoms with Gasteiger partial charge in [0.25, 0.3) is 15.9 Å². The van der Waals surface area contributed by atoms with Crippen LogP contribution in [0, 0.1) is 3.57 Å². The first-order valence-corrected chi connectivity index (χ1v) is 11.9. The molecule has 0 aliphatic heterocycles. The number of carbonyl (C=O) groups is 2. The Kier molecular flexibility index (Phi) is 7.26. The van der Waals surface area contributed by atoms with Crippen molar-refractivity contribution in [3.05, 3.63) is 80.4 Å². The standard InChI is InChI=1S/C21H16ClIN2O6S/c1-31-19-9-4-13(22)10-18(19)25-32(29,30)15-6-2-12(3-7-15)20(26)24-17-8-5-14(23)11-16(17)21(27)28/h2-11,25H,1H3,(H,24,26)(H,27,28). The summed E-state index contributed by atoms with van der Waals surface area (Å²) in [6.07, 6.45) is 0. The van der Waals surface area contributed by atoms with Gasteiger partial charge in [0.2, 0.25) is 0 Å². The van der Waals surface area contributed by atoms with E-state index in [1.54, 1.807) is 12.1 Å². The molecule has 3 aromatic carbocycles. The van der Waals surface area contributed by atoms with Gasteiger partial charge in [-0.05, 0) is 83.3 Å². The van der Waals surface area contributed by atoms with E-state index < -0.39 is 21.9 Å². The molecular formula is C21H16ClIN2O6S. The first-order chi connectivity index (χ1) is 15.1. The monoisotopic (exact) mass is 586 g/mol. The van der Waals surface area contributed by atoms with Crippen LogP contribution in [0.4, 0.5) is 11.4 Å². The molecule has 0 spiro atoms. The Morgan fingerprint density at radius 1 is 1.00 bits per heavy atom. The summed E-state index contributed by atoms with van der Waals surface area (Å²) in [7, 11) is -2.59. The normalized spacial score (nSPS) is 11.0. The van der Waals surface area contributed by atoms with Crippen molar-refractivity contribution < 1.29 is 27.9 Å². The van der Waals surface area contributed by atoms with Crippen LogP contribution in [-0.2, 0) is 10.0 Å². The third-order valence-corrected chi connectivity index (χ3v) is 6.58. The Hall–Kier alpha value is -2.83. The van der Waals surface area contributed by atoms with Gasteiger partial charge in [0.05, 0.1) is 28.9 Å². The van der Waals surface area contributed by atoms with Crippen molar-refractivity contribution in [2.45, 2.75) is 4.90 Å². The van der Waals surface area contributed by atoms with Crippen molar-refractivity contribution in [3.8, 4) is 5.75 Å². The molecule has 32 heavy (non-hydrogen) atoms. The maximum absolute atomic E-state index is 12.7. The number of carboxylic acid groups (broad SMARTS) is 1. The average Bonchev–Trinajstić information content (AvgIpc) is 2.75. The van der Waals surface area contributed by atoms with E-state index in [1.165, 1.54) is 55.6 Å². The molecule has 0 fully saturated rings. The Bertz CT molecular complexity index is 1300. The topological polar surface area (TPSA) is 122 Å². The summed E-state index contributed by atoms with van der Waals surface area (Å²) in [4.78, 5) is 23.9. The molecule has 3 rings (SSSR count). The Morgan fingerprint density at radius 2 is 1.69 bits per heavy atom. The highest BCUT2D eigenvalue weighted by Gasteiger charge is 2.19. The number of hydrogen-bond acceptors (Lipinski definition) is 5. The third kappa shape index (κ3) is 5.50. The number of ether oxygens (including phenoxy) is 1. The van der Waals surface area contributed by atoms with Gasteiger partial charge in [-0.15, -0.1) is 0 Å². The zero-order valence-electron chi connectivity index (χ0n) is 16.4. The molecule has 0 aliphatic carbocycles. The van der Waals surface area contributed by atoms with Crippen LogP contribution in [0.15, 0.2) is 65.6 Å². The summed E-state index contributed by atoms with van der Waals surface area (Å²) < 4.78 is 33.7. The van der Waals surface area contributed by atoms with Crippen molar-refractivity contribution in [2.75, 3.05) is 17.1 Å². The van der Waals surface area contributed by atoms with E-state index in [0.717, 1.165) is 0 Å². The molecule has 3 N–H and O–H groups in total. The molecule has 0 aliphatic rings. The number of anilines is 2. The number of hydrogen-bond donors (Lipinski definition) is 3. The van der Waals surface area contributed by atoms with Gasteiger partial charge in [0.1, 0.15) is 5.75 Å². The first-order valence-electron chi connectivity index (χ1n) is 8.91. The highest BCUT2D eigenvalue weighted by atomic mass is 127. The number of nitrogens with one attached hydrogen (secondary N) is 2. The summed E-state index contributed by atoms with van der Waals surface area (Å²) in [5, 5.41) is 12.2. The lowest BCUT2D eigenvalue weighted by atomic mass is 10.1. The van der Waals surface area contributed by atoms with Crippen LogP contribution in [0.5, 0.6) is 5.75 Å². The van der Waals surface area contributed by atoms with Crippen LogP contribution in [0.25, 0.3) is 0 Å². The van der Waals surface area contributed by atoms with Gasteiger partial charge in [0, 0.05) is 14.2 Å². The van der Waals surface area contributed by atoms with E-state index in [1.807, 2.05) is 22.6 Å². The van der Waals surface area contributed by atoms with E-state index in [9.17, 15) is 23.1 Å². The van der Waals surface area contributed by atoms with Crippen LogP contribution >= 0.6 is 34.2 Å². The van der Waals surface area contributed by atoms with Gasteiger partial charge in [-0.2, -0.15) is 0 Å². The fraction of sp³-hybridized carbons (Fsp3) is 0.0476. The van der Waals surface area contributed by atoms with E-state index in [-0.39, 0.29) is 27.4 Å². The second-order valence-electron chi connectivity index (χ2n) is 6.42. The molecule has 0 bridgehead atoms. The molecule has 0 saturated carbocycles. The van der Waals surface area contributed by atoms with Gasteiger partial charge >= 0.3 is 5.97 Å². The third-order valence-electron chi connectivity index (χ3n) is 4.29. The number of methoxy groups -OCH3 is 1. The quantitative estimate of drug-likeness (QED) is 0.345. The molecule has 0 unspecified atom stereocenters. The molecule has 0 atom stereocenters. The summed E-state index contributed by atoms with van der Waals surface area (Å²) in [5.41, 5.74) is 0.402. The number of benzene rings is 3. The van der Waals surface area contributed by atoms with Crippen molar-refractivity contribution in [2.24, 2.45) is 0 Å². The average molecular weight is 587 g/mol. The lowest BCUT2D eigenvalue weighted by molar-refractivity contribution is 0.0698. The van der Waals surface area contributed by atoms with E-state index in [4.69, 9.17) is 16.3 Å². The highest BCUT2D eigenvalue weighted by Crippen LogP contribution is 2.30. The predicted molar refractivity (Wildman–Crippen MR) is 129 cm³/mol. The number of rotatable bonds is 7. The molecule has 0 heterocycles. The highest BCUT2D eigenvalue weighted by molar-refractivity contribution is 14.1. The Morgan fingerprint density at radius 3 is 2.31 bits per heavy atom. The van der Waals surface area contributed by atoms with Gasteiger partial charge in [0.15, 0.2) is 0 Å². The van der Waals surface area contributed by atoms with Gasteiger partial charge in [-0.3, -0.25) is 9.52 Å². The minimum Gasteiger partial charge on any atom is -0.495 e.